The summed E-state index contributed by atoms with van der Waals surface area (Å²) < 4.78 is 24.6. The SMILES string of the molecule is CC=Cc1ccc(OCC(=O)N(C)Cc2ccccc2F)c(OC)c1. The van der Waals surface area contributed by atoms with E-state index >= 15 is 0 Å². The summed E-state index contributed by atoms with van der Waals surface area (Å²) in [4.78, 5) is 13.7. The van der Waals surface area contributed by atoms with Crippen LogP contribution in [0.1, 0.15) is 18.1 Å². The first kappa shape index (κ1) is 18.5. The van der Waals surface area contributed by atoms with Crippen LogP contribution in [0.2, 0.25) is 0 Å². The monoisotopic (exact) mass is 343 g/mol. The molecule has 0 aliphatic carbocycles. The Labute approximate surface area is 147 Å². The van der Waals surface area contributed by atoms with E-state index in [1.54, 1.807) is 38.4 Å². The molecule has 0 fully saturated rings. The minimum Gasteiger partial charge on any atom is -0.493 e. The normalized spacial score (nSPS) is 10.7. The Hall–Kier alpha value is -2.82. The first-order valence-corrected chi connectivity index (χ1v) is 7.96. The van der Waals surface area contributed by atoms with Crippen molar-refractivity contribution in [3.63, 3.8) is 0 Å². The van der Waals surface area contributed by atoms with Crippen LogP contribution in [-0.2, 0) is 11.3 Å². The maximum Gasteiger partial charge on any atom is 0.260 e. The second kappa shape index (κ2) is 8.87. The van der Waals surface area contributed by atoms with Gasteiger partial charge >= 0.3 is 0 Å². The van der Waals surface area contributed by atoms with Crippen LogP contribution in [0.15, 0.2) is 48.5 Å². The van der Waals surface area contributed by atoms with Crippen LogP contribution < -0.4 is 9.47 Å². The van der Waals surface area contributed by atoms with Gasteiger partial charge in [0.25, 0.3) is 5.91 Å². The molecule has 1 amide bonds. The molecule has 25 heavy (non-hydrogen) atoms. The number of ether oxygens (including phenoxy) is 2. The van der Waals surface area contributed by atoms with Gasteiger partial charge in [0.05, 0.1) is 7.11 Å². The van der Waals surface area contributed by atoms with Crippen molar-refractivity contribution in [1.82, 2.24) is 4.90 Å². The molecule has 0 saturated carbocycles. The Morgan fingerprint density at radius 1 is 1.20 bits per heavy atom. The van der Waals surface area contributed by atoms with Gasteiger partial charge in [0.15, 0.2) is 18.1 Å². The molecule has 0 unspecified atom stereocenters. The van der Waals surface area contributed by atoms with E-state index in [9.17, 15) is 9.18 Å². The highest BCUT2D eigenvalue weighted by Crippen LogP contribution is 2.28. The van der Waals surface area contributed by atoms with Crippen molar-refractivity contribution < 1.29 is 18.7 Å². The smallest absolute Gasteiger partial charge is 0.260 e. The fourth-order valence-corrected chi connectivity index (χ4v) is 2.32. The van der Waals surface area contributed by atoms with Crippen molar-refractivity contribution >= 4 is 12.0 Å². The van der Waals surface area contributed by atoms with Crippen LogP contribution >= 0.6 is 0 Å². The summed E-state index contributed by atoms with van der Waals surface area (Å²) in [5.74, 6) is 0.468. The van der Waals surface area contributed by atoms with Crippen LogP contribution in [0.4, 0.5) is 4.39 Å². The fourth-order valence-electron chi connectivity index (χ4n) is 2.32. The maximum atomic E-state index is 13.7. The lowest BCUT2D eigenvalue weighted by molar-refractivity contribution is -0.132. The van der Waals surface area contributed by atoms with E-state index in [1.165, 1.54) is 11.0 Å². The predicted molar refractivity (Wildman–Crippen MR) is 96.1 cm³/mol. The minimum atomic E-state index is -0.329. The molecule has 0 saturated heterocycles. The fraction of sp³-hybridized carbons (Fsp3) is 0.250. The van der Waals surface area contributed by atoms with Crippen molar-refractivity contribution in [2.45, 2.75) is 13.5 Å². The molecule has 0 N–H and O–H groups in total. The highest BCUT2D eigenvalue weighted by Gasteiger charge is 2.14. The molecule has 0 aromatic heterocycles. The molecule has 5 heteroatoms. The molecule has 0 radical (unpaired) electrons. The average Bonchev–Trinajstić information content (AvgIpc) is 2.62. The van der Waals surface area contributed by atoms with Gasteiger partial charge in [-0.25, -0.2) is 4.39 Å². The van der Waals surface area contributed by atoms with E-state index in [1.807, 2.05) is 31.2 Å². The zero-order valence-electron chi connectivity index (χ0n) is 14.7. The second-order valence-electron chi connectivity index (χ2n) is 5.54. The molecular formula is C20H22FNO3. The van der Waals surface area contributed by atoms with E-state index in [-0.39, 0.29) is 24.9 Å². The third-order valence-corrected chi connectivity index (χ3v) is 3.69. The number of amides is 1. The van der Waals surface area contributed by atoms with Crippen LogP contribution in [-0.4, -0.2) is 31.6 Å². The molecular weight excluding hydrogens is 321 g/mol. The highest BCUT2D eigenvalue weighted by molar-refractivity contribution is 5.77. The van der Waals surface area contributed by atoms with Gasteiger partial charge in [-0.2, -0.15) is 0 Å². The summed E-state index contributed by atoms with van der Waals surface area (Å²) in [5.41, 5.74) is 1.45. The summed E-state index contributed by atoms with van der Waals surface area (Å²) in [6, 6.07) is 11.9. The van der Waals surface area contributed by atoms with Crippen molar-refractivity contribution in [2.24, 2.45) is 0 Å². The van der Waals surface area contributed by atoms with E-state index < -0.39 is 0 Å². The molecule has 0 atom stereocenters. The van der Waals surface area contributed by atoms with Gasteiger partial charge in [0, 0.05) is 19.2 Å². The van der Waals surface area contributed by atoms with Crippen molar-refractivity contribution in [1.29, 1.82) is 0 Å². The molecule has 0 aliphatic rings. The number of nitrogens with zero attached hydrogens (tertiary/aromatic N) is 1. The third-order valence-electron chi connectivity index (χ3n) is 3.69. The van der Waals surface area contributed by atoms with Gasteiger partial charge < -0.3 is 14.4 Å². The average molecular weight is 343 g/mol. The molecule has 2 aromatic carbocycles. The Bertz CT molecular complexity index is 758. The molecule has 0 bridgehead atoms. The number of allylic oxidation sites excluding steroid dienone is 1. The minimum absolute atomic E-state index is 0.149. The van der Waals surface area contributed by atoms with Crippen LogP contribution in [0.5, 0.6) is 11.5 Å². The zero-order chi connectivity index (χ0) is 18.2. The maximum absolute atomic E-state index is 13.7. The quantitative estimate of drug-likeness (QED) is 0.765. The first-order chi connectivity index (χ1) is 12.0. The number of methoxy groups -OCH3 is 1. The Morgan fingerprint density at radius 3 is 2.64 bits per heavy atom. The summed E-state index contributed by atoms with van der Waals surface area (Å²) in [7, 11) is 3.16. The molecule has 4 nitrogen and oxygen atoms in total. The lowest BCUT2D eigenvalue weighted by Gasteiger charge is -2.18. The van der Waals surface area contributed by atoms with Crippen molar-refractivity contribution in [3.05, 3.63) is 65.5 Å². The van der Waals surface area contributed by atoms with Gasteiger partial charge in [-0.05, 0) is 30.7 Å². The van der Waals surface area contributed by atoms with Crippen LogP contribution in [0.25, 0.3) is 6.08 Å². The summed E-state index contributed by atoms with van der Waals surface area (Å²) in [5, 5.41) is 0. The van der Waals surface area contributed by atoms with Crippen LogP contribution in [0.3, 0.4) is 0 Å². The number of hydrogen-bond acceptors (Lipinski definition) is 3. The Kier molecular flexibility index (Phi) is 6.57. The lowest BCUT2D eigenvalue weighted by Crippen LogP contribution is -2.31. The van der Waals surface area contributed by atoms with Crippen molar-refractivity contribution in [2.75, 3.05) is 20.8 Å². The molecule has 0 spiro atoms. The van der Waals surface area contributed by atoms with Gasteiger partial charge in [0.2, 0.25) is 0 Å². The molecule has 0 heterocycles. The molecule has 2 rings (SSSR count). The Morgan fingerprint density at radius 2 is 1.96 bits per heavy atom. The lowest BCUT2D eigenvalue weighted by atomic mass is 10.2. The zero-order valence-corrected chi connectivity index (χ0v) is 14.7. The van der Waals surface area contributed by atoms with E-state index in [2.05, 4.69) is 0 Å². The van der Waals surface area contributed by atoms with Gasteiger partial charge in [-0.3, -0.25) is 4.79 Å². The van der Waals surface area contributed by atoms with Crippen molar-refractivity contribution in [3.8, 4) is 11.5 Å². The number of rotatable bonds is 7. The summed E-state index contributed by atoms with van der Waals surface area (Å²) >= 11 is 0. The summed E-state index contributed by atoms with van der Waals surface area (Å²) in [6.45, 7) is 1.97. The van der Waals surface area contributed by atoms with Gasteiger partial charge in [-0.1, -0.05) is 36.4 Å². The van der Waals surface area contributed by atoms with E-state index in [4.69, 9.17) is 9.47 Å². The van der Waals surface area contributed by atoms with Gasteiger partial charge in [-0.15, -0.1) is 0 Å². The van der Waals surface area contributed by atoms with Gasteiger partial charge in [0.1, 0.15) is 5.82 Å². The van der Waals surface area contributed by atoms with E-state index in [0.717, 1.165) is 5.56 Å². The molecule has 0 aliphatic heterocycles. The standard InChI is InChI=1S/C20H22FNO3/c1-4-7-15-10-11-18(19(12-15)24-3)25-14-20(23)22(2)13-16-8-5-6-9-17(16)21/h4-12H,13-14H2,1-3H3. The predicted octanol–water partition coefficient (Wildman–Crippen LogP) is 3.90. The Balaban J connectivity index is 1.98. The third kappa shape index (κ3) is 5.08. The largest absolute Gasteiger partial charge is 0.493 e. The number of carbonyl (C=O) groups is 1. The summed E-state index contributed by atoms with van der Waals surface area (Å²) in [6.07, 6.45) is 3.87. The number of halogens is 1. The number of carbonyl (C=O) groups excluding carboxylic acids is 1. The molecule has 2 aromatic rings. The first-order valence-electron chi connectivity index (χ1n) is 7.96. The second-order valence-corrected chi connectivity index (χ2v) is 5.54. The van der Waals surface area contributed by atoms with E-state index in [0.29, 0.717) is 17.1 Å². The topological polar surface area (TPSA) is 38.8 Å². The van der Waals surface area contributed by atoms with Crippen LogP contribution in [0, 0.1) is 5.82 Å². The number of likely N-dealkylation sites (N-methyl/N-ethyl adjacent to an activating group) is 1. The molecule has 132 valence electrons. The number of hydrogen-bond donors (Lipinski definition) is 0. The highest BCUT2D eigenvalue weighted by atomic mass is 19.1. The number of benzene rings is 2.